The molecule has 0 aliphatic rings. The van der Waals surface area contributed by atoms with Crippen LogP contribution in [-0.2, 0) is 0 Å². The van der Waals surface area contributed by atoms with Gasteiger partial charge in [0.2, 0.25) is 5.89 Å². The Morgan fingerprint density at radius 1 is 1.25 bits per heavy atom. The average molecular weight is 332 g/mol. The standard InChI is InChI=1S/C15H10BrNO3/c1-8-2-4-10(11(16)6-8)14-17-12-7-9(15(18)19)3-5-13(12)20-14/h2-7H,1H3,(H,18,19). The van der Waals surface area contributed by atoms with Gasteiger partial charge in [-0.3, -0.25) is 0 Å². The number of hydrogen-bond acceptors (Lipinski definition) is 3. The summed E-state index contributed by atoms with van der Waals surface area (Å²) in [5.74, 6) is -0.512. The highest BCUT2D eigenvalue weighted by Gasteiger charge is 2.13. The quantitative estimate of drug-likeness (QED) is 0.761. The van der Waals surface area contributed by atoms with Crippen LogP contribution in [0.1, 0.15) is 15.9 Å². The molecule has 1 N–H and O–H groups in total. The third-order valence-corrected chi connectivity index (χ3v) is 3.65. The molecule has 0 unspecified atom stereocenters. The molecule has 4 nitrogen and oxygen atoms in total. The number of fused-ring (bicyclic) bond motifs is 1. The minimum Gasteiger partial charge on any atom is -0.478 e. The Bertz CT molecular complexity index is 823. The molecule has 1 heterocycles. The van der Waals surface area contributed by atoms with Gasteiger partial charge >= 0.3 is 5.97 Å². The minimum absolute atomic E-state index is 0.195. The molecular formula is C15H10BrNO3. The molecule has 0 saturated heterocycles. The van der Waals surface area contributed by atoms with E-state index in [9.17, 15) is 4.79 Å². The van der Waals surface area contributed by atoms with Crippen LogP contribution in [0.25, 0.3) is 22.6 Å². The molecule has 0 radical (unpaired) electrons. The fourth-order valence-corrected chi connectivity index (χ4v) is 2.63. The number of carbonyl (C=O) groups is 1. The van der Waals surface area contributed by atoms with E-state index in [-0.39, 0.29) is 5.56 Å². The molecule has 0 aliphatic heterocycles. The van der Waals surface area contributed by atoms with Crippen molar-refractivity contribution in [3.8, 4) is 11.5 Å². The molecule has 20 heavy (non-hydrogen) atoms. The van der Waals surface area contributed by atoms with Gasteiger partial charge in [0, 0.05) is 4.47 Å². The normalized spacial score (nSPS) is 10.9. The van der Waals surface area contributed by atoms with Crippen molar-refractivity contribution in [2.45, 2.75) is 6.92 Å². The second kappa shape index (κ2) is 4.76. The summed E-state index contributed by atoms with van der Waals surface area (Å²) in [7, 11) is 0. The smallest absolute Gasteiger partial charge is 0.335 e. The molecule has 0 atom stereocenters. The van der Waals surface area contributed by atoms with Crippen molar-refractivity contribution in [3.05, 3.63) is 52.0 Å². The van der Waals surface area contributed by atoms with Crippen LogP contribution >= 0.6 is 15.9 Å². The predicted octanol–water partition coefficient (Wildman–Crippen LogP) is 4.26. The van der Waals surface area contributed by atoms with Crippen molar-refractivity contribution in [3.63, 3.8) is 0 Å². The summed E-state index contributed by atoms with van der Waals surface area (Å²) >= 11 is 3.48. The number of rotatable bonds is 2. The first-order valence-electron chi connectivity index (χ1n) is 5.95. The molecule has 0 aliphatic carbocycles. The van der Waals surface area contributed by atoms with Crippen LogP contribution in [0.5, 0.6) is 0 Å². The molecule has 5 heteroatoms. The summed E-state index contributed by atoms with van der Waals surface area (Å²) < 4.78 is 6.57. The van der Waals surface area contributed by atoms with Crippen LogP contribution in [-0.4, -0.2) is 16.1 Å². The Hall–Kier alpha value is -2.14. The molecule has 3 aromatic rings. The number of aromatic carboxylic acids is 1. The zero-order valence-corrected chi connectivity index (χ0v) is 12.1. The lowest BCUT2D eigenvalue weighted by Gasteiger charge is -2.00. The Morgan fingerprint density at radius 3 is 2.75 bits per heavy atom. The minimum atomic E-state index is -0.979. The van der Waals surface area contributed by atoms with E-state index < -0.39 is 5.97 Å². The Balaban J connectivity index is 2.15. The van der Waals surface area contributed by atoms with Gasteiger partial charge in [-0.05, 0) is 58.7 Å². The molecule has 0 saturated carbocycles. The van der Waals surface area contributed by atoms with Gasteiger partial charge in [-0.25, -0.2) is 9.78 Å². The summed E-state index contributed by atoms with van der Waals surface area (Å²) in [4.78, 5) is 15.3. The van der Waals surface area contributed by atoms with E-state index in [0.29, 0.717) is 17.0 Å². The molecule has 0 amide bonds. The van der Waals surface area contributed by atoms with Gasteiger partial charge in [-0.2, -0.15) is 0 Å². The van der Waals surface area contributed by atoms with E-state index >= 15 is 0 Å². The number of hydrogen-bond donors (Lipinski definition) is 1. The highest BCUT2D eigenvalue weighted by molar-refractivity contribution is 9.10. The maximum Gasteiger partial charge on any atom is 0.335 e. The Labute approximate surface area is 123 Å². The number of carboxylic acid groups (broad SMARTS) is 1. The van der Waals surface area contributed by atoms with Gasteiger partial charge in [-0.1, -0.05) is 6.07 Å². The third-order valence-electron chi connectivity index (χ3n) is 2.99. The topological polar surface area (TPSA) is 63.3 Å². The van der Waals surface area contributed by atoms with Crippen molar-refractivity contribution in [2.24, 2.45) is 0 Å². The van der Waals surface area contributed by atoms with Crippen molar-refractivity contribution in [1.82, 2.24) is 4.98 Å². The van der Waals surface area contributed by atoms with Crippen LogP contribution in [0.2, 0.25) is 0 Å². The van der Waals surface area contributed by atoms with E-state index in [0.717, 1.165) is 15.6 Å². The number of halogens is 1. The summed E-state index contributed by atoms with van der Waals surface area (Å²) in [5, 5.41) is 8.98. The lowest BCUT2D eigenvalue weighted by Crippen LogP contribution is -1.94. The SMILES string of the molecule is Cc1ccc(-c2nc3cc(C(=O)O)ccc3o2)c(Br)c1. The first kappa shape index (κ1) is 12.9. The molecule has 100 valence electrons. The van der Waals surface area contributed by atoms with Gasteiger partial charge in [0.15, 0.2) is 5.58 Å². The van der Waals surface area contributed by atoms with Crippen molar-refractivity contribution in [2.75, 3.05) is 0 Å². The molecule has 0 fully saturated rings. The van der Waals surface area contributed by atoms with Crippen molar-refractivity contribution in [1.29, 1.82) is 0 Å². The average Bonchev–Trinajstić information content (AvgIpc) is 2.80. The highest BCUT2D eigenvalue weighted by Crippen LogP contribution is 2.31. The lowest BCUT2D eigenvalue weighted by atomic mass is 10.1. The first-order chi connectivity index (χ1) is 9.54. The van der Waals surface area contributed by atoms with Crippen LogP contribution in [0, 0.1) is 6.92 Å². The Kier molecular flexibility index (Phi) is 3.06. The van der Waals surface area contributed by atoms with E-state index in [2.05, 4.69) is 20.9 Å². The first-order valence-corrected chi connectivity index (χ1v) is 6.74. The number of aromatic nitrogens is 1. The fourth-order valence-electron chi connectivity index (χ4n) is 1.97. The molecule has 1 aromatic heterocycles. The zero-order chi connectivity index (χ0) is 14.3. The van der Waals surface area contributed by atoms with Crippen LogP contribution < -0.4 is 0 Å². The monoisotopic (exact) mass is 331 g/mol. The van der Waals surface area contributed by atoms with Crippen LogP contribution in [0.4, 0.5) is 0 Å². The number of aryl methyl sites for hydroxylation is 1. The van der Waals surface area contributed by atoms with Crippen molar-refractivity contribution < 1.29 is 14.3 Å². The van der Waals surface area contributed by atoms with Crippen LogP contribution in [0.3, 0.4) is 0 Å². The van der Waals surface area contributed by atoms with Gasteiger partial charge in [0.25, 0.3) is 0 Å². The fraction of sp³-hybridized carbons (Fsp3) is 0.0667. The highest BCUT2D eigenvalue weighted by atomic mass is 79.9. The van der Waals surface area contributed by atoms with Gasteiger partial charge in [0.05, 0.1) is 11.1 Å². The Morgan fingerprint density at radius 2 is 2.05 bits per heavy atom. The summed E-state index contributed by atoms with van der Waals surface area (Å²) in [6.07, 6.45) is 0. The molecule has 2 aromatic carbocycles. The molecule has 3 rings (SSSR count). The summed E-state index contributed by atoms with van der Waals surface area (Å²) in [6, 6.07) is 10.5. The largest absolute Gasteiger partial charge is 0.478 e. The predicted molar refractivity (Wildman–Crippen MR) is 78.8 cm³/mol. The van der Waals surface area contributed by atoms with E-state index in [1.165, 1.54) is 12.1 Å². The number of carboxylic acids is 1. The number of benzene rings is 2. The van der Waals surface area contributed by atoms with Gasteiger partial charge < -0.3 is 9.52 Å². The maximum atomic E-state index is 10.9. The van der Waals surface area contributed by atoms with Crippen molar-refractivity contribution >= 4 is 33.0 Å². The zero-order valence-electron chi connectivity index (χ0n) is 10.6. The van der Waals surface area contributed by atoms with E-state index in [4.69, 9.17) is 9.52 Å². The lowest BCUT2D eigenvalue weighted by molar-refractivity contribution is 0.0697. The second-order valence-electron chi connectivity index (χ2n) is 4.49. The van der Waals surface area contributed by atoms with E-state index in [1.807, 2.05) is 25.1 Å². The summed E-state index contributed by atoms with van der Waals surface area (Å²) in [6.45, 7) is 2.00. The van der Waals surface area contributed by atoms with Crippen LogP contribution in [0.15, 0.2) is 45.3 Å². The molecular weight excluding hydrogens is 322 g/mol. The van der Waals surface area contributed by atoms with Gasteiger partial charge in [0.1, 0.15) is 5.52 Å². The van der Waals surface area contributed by atoms with E-state index in [1.54, 1.807) is 6.07 Å². The summed E-state index contributed by atoms with van der Waals surface area (Å²) in [5.41, 5.74) is 3.26. The third kappa shape index (κ3) is 2.20. The van der Waals surface area contributed by atoms with Gasteiger partial charge in [-0.15, -0.1) is 0 Å². The second-order valence-corrected chi connectivity index (χ2v) is 5.34. The number of oxazole rings is 1. The molecule has 0 bridgehead atoms. The molecule has 0 spiro atoms. The maximum absolute atomic E-state index is 10.9. The number of nitrogens with zero attached hydrogens (tertiary/aromatic N) is 1.